The molecule has 1 saturated carbocycles. The summed E-state index contributed by atoms with van der Waals surface area (Å²) >= 11 is 1.99. The van der Waals surface area contributed by atoms with Crippen LogP contribution in [-0.4, -0.2) is 18.3 Å². The second kappa shape index (κ2) is 7.07. The second-order valence-corrected chi connectivity index (χ2v) is 6.04. The van der Waals surface area contributed by atoms with E-state index in [1.54, 1.807) is 0 Å². The molecule has 1 aliphatic rings. The molecule has 0 aliphatic heterocycles. The van der Waals surface area contributed by atoms with E-state index in [0.717, 1.165) is 6.04 Å². The quantitative estimate of drug-likeness (QED) is 0.604. The monoisotopic (exact) mass is 249 g/mol. The summed E-state index contributed by atoms with van der Waals surface area (Å²) < 4.78 is 0. The number of benzene rings is 1. The zero-order chi connectivity index (χ0) is 11.9. The summed E-state index contributed by atoms with van der Waals surface area (Å²) in [4.78, 5) is 1.44. The molecule has 1 aromatic rings. The predicted octanol–water partition coefficient (Wildman–Crippen LogP) is 4.01. The van der Waals surface area contributed by atoms with E-state index in [1.165, 1.54) is 54.9 Å². The standard InChI is InChI=1S/C15H23NS/c1-13-7-2-5-10-15(13)17-12-6-11-16-14-8-3-4-9-14/h2,5,7,10,14,16H,3-4,6,8-9,11-12H2,1H3. The van der Waals surface area contributed by atoms with E-state index < -0.39 is 0 Å². The normalized spacial score (nSPS) is 16.5. The van der Waals surface area contributed by atoms with Crippen LogP contribution in [0.3, 0.4) is 0 Å². The lowest BCUT2D eigenvalue weighted by Gasteiger charge is -2.11. The van der Waals surface area contributed by atoms with Crippen LogP contribution < -0.4 is 5.32 Å². The van der Waals surface area contributed by atoms with E-state index in [9.17, 15) is 0 Å². The topological polar surface area (TPSA) is 12.0 Å². The maximum Gasteiger partial charge on any atom is 0.0101 e. The Labute approximate surface area is 109 Å². The molecule has 1 N–H and O–H groups in total. The molecule has 1 fully saturated rings. The molecule has 17 heavy (non-hydrogen) atoms. The molecule has 0 amide bonds. The van der Waals surface area contributed by atoms with Gasteiger partial charge in [0, 0.05) is 10.9 Å². The van der Waals surface area contributed by atoms with Crippen LogP contribution in [0, 0.1) is 6.92 Å². The molecule has 1 nitrogen and oxygen atoms in total. The van der Waals surface area contributed by atoms with Crippen LogP contribution in [0.25, 0.3) is 0 Å². The average molecular weight is 249 g/mol. The highest BCUT2D eigenvalue weighted by molar-refractivity contribution is 7.99. The van der Waals surface area contributed by atoms with Gasteiger partial charge in [-0.2, -0.15) is 0 Å². The molecule has 0 atom stereocenters. The van der Waals surface area contributed by atoms with Crippen molar-refractivity contribution in [1.82, 2.24) is 5.32 Å². The van der Waals surface area contributed by atoms with Crippen molar-refractivity contribution in [2.45, 2.75) is 50.0 Å². The van der Waals surface area contributed by atoms with Gasteiger partial charge in [-0.3, -0.25) is 0 Å². The fraction of sp³-hybridized carbons (Fsp3) is 0.600. The first-order valence-corrected chi connectivity index (χ1v) is 7.76. The lowest BCUT2D eigenvalue weighted by molar-refractivity contribution is 0.525. The Kier molecular flexibility index (Phi) is 5.40. The van der Waals surface area contributed by atoms with Crippen molar-refractivity contribution in [2.75, 3.05) is 12.3 Å². The van der Waals surface area contributed by atoms with Crippen molar-refractivity contribution in [1.29, 1.82) is 0 Å². The smallest absolute Gasteiger partial charge is 0.0101 e. The van der Waals surface area contributed by atoms with Crippen molar-refractivity contribution in [3.05, 3.63) is 29.8 Å². The number of rotatable bonds is 6. The lowest BCUT2D eigenvalue weighted by atomic mass is 10.2. The zero-order valence-electron chi connectivity index (χ0n) is 10.7. The van der Waals surface area contributed by atoms with Crippen LogP contribution in [0.1, 0.15) is 37.7 Å². The van der Waals surface area contributed by atoms with Crippen LogP contribution in [0.5, 0.6) is 0 Å². The fourth-order valence-corrected chi connectivity index (χ4v) is 3.39. The molecule has 2 heteroatoms. The van der Waals surface area contributed by atoms with Crippen LogP contribution in [0.4, 0.5) is 0 Å². The molecule has 0 aromatic heterocycles. The van der Waals surface area contributed by atoms with Crippen LogP contribution in [0.2, 0.25) is 0 Å². The van der Waals surface area contributed by atoms with Gasteiger partial charge in [-0.25, -0.2) is 0 Å². The highest BCUT2D eigenvalue weighted by atomic mass is 32.2. The van der Waals surface area contributed by atoms with E-state index >= 15 is 0 Å². The van der Waals surface area contributed by atoms with Gasteiger partial charge in [0.15, 0.2) is 0 Å². The SMILES string of the molecule is Cc1ccccc1SCCCNC1CCCC1. The Morgan fingerprint density at radius 3 is 2.76 bits per heavy atom. The third kappa shape index (κ3) is 4.36. The molecule has 1 aliphatic carbocycles. The van der Waals surface area contributed by atoms with Gasteiger partial charge in [-0.1, -0.05) is 31.0 Å². The third-order valence-electron chi connectivity index (χ3n) is 3.46. The molecule has 94 valence electrons. The maximum absolute atomic E-state index is 3.67. The molecule has 2 rings (SSSR count). The predicted molar refractivity (Wildman–Crippen MR) is 76.8 cm³/mol. The van der Waals surface area contributed by atoms with E-state index in [4.69, 9.17) is 0 Å². The van der Waals surface area contributed by atoms with Crippen LogP contribution in [0.15, 0.2) is 29.2 Å². The van der Waals surface area contributed by atoms with Crippen LogP contribution >= 0.6 is 11.8 Å². The average Bonchev–Trinajstić information content (AvgIpc) is 2.84. The van der Waals surface area contributed by atoms with Gasteiger partial charge >= 0.3 is 0 Å². The minimum atomic E-state index is 0.818. The van der Waals surface area contributed by atoms with E-state index in [-0.39, 0.29) is 0 Å². The number of thioether (sulfide) groups is 1. The van der Waals surface area contributed by atoms with Crippen molar-refractivity contribution in [3.8, 4) is 0 Å². The van der Waals surface area contributed by atoms with Gasteiger partial charge in [-0.05, 0) is 50.1 Å². The van der Waals surface area contributed by atoms with Crippen LogP contribution in [-0.2, 0) is 0 Å². The summed E-state index contributed by atoms with van der Waals surface area (Å²) in [6.07, 6.45) is 6.91. The first-order valence-electron chi connectivity index (χ1n) is 6.78. The van der Waals surface area contributed by atoms with Gasteiger partial charge < -0.3 is 5.32 Å². The summed E-state index contributed by atoms with van der Waals surface area (Å²) in [6, 6.07) is 9.48. The van der Waals surface area contributed by atoms with Gasteiger partial charge in [-0.15, -0.1) is 11.8 Å². The summed E-state index contributed by atoms with van der Waals surface area (Å²) in [5.74, 6) is 1.23. The maximum atomic E-state index is 3.67. The molecular weight excluding hydrogens is 226 g/mol. The Morgan fingerprint density at radius 1 is 1.24 bits per heavy atom. The van der Waals surface area contributed by atoms with E-state index in [1.807, 2.05) is 11.8 Å². The number of hydrogen-bond donors (Lipinski definition) is 1. The highest BCUT2D eigenvalue weighted by Gasteiger charge is 2.13. The minimum absolute atomic E-state index is 0.818. The zero-order valence-corrected chi connectivity index (χ0v) is 11.6. The Morgan fingerprint density at radius 2 is 2.00 bits per heavy atom. The molecule has 0 spiro atoms. The molecule has 0 bridgehead atoms. The third-order valence-corrected chi connectivity index (χ3v) is 4.72. The summed E-state index contributed by atoms with van der Waals surface area (Å²) in [6.45, 7) is 3.38. The number of hydrogen-bond acceptors (Lipinski definition) is 2. The summed E-state index contributed by atoms with van der Waals surface area (Å²) in [5.41, 5.74) is 1.40. The van der Waals surface area contributed by atoms with Crippen molar-refractivity contribution < 1.29 is 0 Å². The molecule has 0 unspecified atom stereocenters. The number of nitrogens with one attached hydrogen (secondary N) is 1. The van der Waals surface area contributed by atoms with Crippen molar-refractivity contribution in [2.24, 2.45) is 0 Å². The molecular formula is C15H23NS. The number of aryl methyl sites for hydroxylation is 1. The van der Waals surface area contributed by atoms with E-state index in [2.05, 4.69) is 36.5 Å². The van der Waals surface area contributed by atoms with Gasteiger partial charge in [0.05, 0.1) is 0 Å². The fourth-order valence-electron chi connectivity index (χ4n) is 2.41. The molecule has 1 aromatic carbocycles. The Balaban J connectivity index is 1.58. The lowest BCUT2D eigenvalue weighted by Crippen LogP contribution is -2.27. The molecule has 0 radical (unpaired) electrons. The van der Waals surface area contributed by atoms with Crippen molar-refractivity contribution >= 4 is 11.8 Å². The second-order valence-electron chi connectivity index (χ2n) is 4.90. The Hall–Kier alpha value is -0.470. The highest BCUT2D eigenvalue weighted by Crippen LogP contribution is 2.22. The largest absolute Gasteiger partial charge is 0.314 e. The van der Waals surface area contributed by atoms with E-state index in [0.29, 0.717) is 0 Å². The molecule has 0 saturated heterocycles. The Bertz CT molecular complexity index is 331. The minimum Gasteiger partial charge on any atom is -0.314 e. The van der Waals surface area contributed by atoms with Gasteiger partial charge in [0.25, 0.3) is 0 Å². The first-order chi connectivity index (χ1) is 8.36. The first kappa shape index (κ1) is 13.0. The van der Waals surface area contributed by atoms with Gasteiger partial charge in [0.1, 0.15) is 0 Å². The summed E-state index contributed by atoms with van der Waals surface area (Å²) in [7, 11) is 0. The van der Waals surface area contributed by atoms with Crippen molar-refractivity contribution in [3.63, 3.8) is 0 Å². The molecule has 0 heterocycles. The van der Waals surface area contributed by atoms with Gasteiger partial charge in [0.2, 0.25) is 0 Å². The summed E-state index contributed by atoms with van der Waals surface area (Å²) in [5, 5.41) is 3.67.